The standard InChI is InChI=1S/C32H40N2O2/c1-22-15-17-26-24(20-22)31(3,4)28(33(26)7)12-11-13-29-32(5,6)25-21-23(2)16-18-27(25)34(29)19-10-8-9-14-30(35)36/h11-13,15-18,20-21H,8-10,14,19H2,1-7H3/p+1. The zero-order chi connectivity index (χ0) is 26.3. The number of unbranched alkanes of at least 4 members (excludes halogenated alkanes) is 2. The van der Waals surface area contributed by atoms with Crippen LogP contribution >= 0.6 is 0 Å². The molecule has 2 aromatic carbocycles. The van der Waals surface area contributed by atoms with Crippen LogP contribution in [0, 0.1) is 13.8 Å². The molecule has 1 N–H and O–H groups in total. The van der Waals surface area contributed by atoms with Gasteiger partial charge in [-0.1, -0.05) is 55.7 Å². The van der Waals surface area contributed by atoms with E-state index in [0.717, 1.165) is 25.8 Å². The predicted molar refractivity (Wildman–Crippen MR) is 150 cm³/mol. The van der Waals surface area contributed by atoms with Gasteiger partial charge in [0.15, 0.2) is 5.71 Å². The predicted octanol–water partition coefficient (Wildman–Crippen LogP) is 7.19. The molecule has 0 aromatic heterocycles. The van der Waals surface area contributed by atoms with Crippen LogP contribution in [0.25, 0.3) is 0 Å². The maximum absolute atomic E-state index is 10.9. The fraction of sp³-hybridized carbons (Fsp3) is 0.438. The van der Waals surface area contributed by atoms with Crippen molar-refractivity contribution in [1.82, 2.24) is 0 Å². The Kier molecular flexibility index (Phi) is 7.01. The van der Waals surface area contributed by atoms with Crippen LogP contribution in [0.3, 0.4) is 0 Å². The molecule has 0 aliphatic carbocycles. The third kappa shape index (κ3) is 4.66. The first-order valence-electron chi connectivity index (χ1n) is 13.2. The molecule has 190 valence electrons. The van der Waals surface area contributed by atoms with Gasteiger partial charge in [-0.15, -0.1) is 0 Å². The minimum Gasteiger partial charge on any atom is -0.481 e. The molecular formula is C32H41N2O2+. The number of rotatable bonds is 8. The number of carbonyl (C=O) groups is 1. The zero-order valence-corrected chi connectivity index (χ0v) is 23.0. The molecule has 2 aliphatic heterocycles. The van der Waals surface area contributed by atoms with Crippen LogP contribution in [-0.4, -0.2) is 35.0 Å². The van der Waals surface area contributed by atoms with Gasteiger partial charge in [0.1, 0.15) is 7.05 Å². The summed E-state index contributed by atoms with van der Waals surface area (Å²) in [5.41, 5.74) is 10.3. The minimum absolute atomic E-state index is 0.0554. The quantitative estimate of drug-likeness (QED) is 0.318. The van der Waals surface area contributed by atoms with Crippen molar-refractivity contribution in [2.24, 2.45) is 0 Å². The fourth-order valence-corrected chi connectivity index (χ4v) is 5.93. The number of aryl methyl sites for hydroxylation is 2. The highest BCUT2D eigenvalue weighted by Gasteiger charge is 2.43. The molecule has 0 unspecified atom stereocenters. The number of carboxylic acid groups (broad SMARTS) is 1. The van der Waals surface area contributed by atoms with E-state index in [1.807, 2.05) is 0 Å². The highest BCUT2D eigenvalue weighted by Crippen LogP contribution is 2.48. The normalized spacial score (nSPS) is 18.9. The van der Waals surface area contributed by atoms with Gasteiger partial charge in [0, 0.05) is 47.5 Å². The first-order valence-corrected chi connectivity index (χ1v) is 13.2. The van der Waals surface area contributed by atoms with E-state index in [-0.39, 0.29) is 17.3 Å². The highest BCUT2D eigenvalue weighted by atomic mass is 16.4. The van der Waals surface area contributed by atoms with Crippen LogP contribution in [0.5, 0.6) is 0 Å². The van der Waals surface area contributed by atoms with Gasteiger partial charge in [0.25, 0.3) is 0 Å². The Bertz CT molecular complexity index is 1280. The van der Waals surface area contributed by atoms with Crippen LogP contribution in [-0.2, 0) is 15.6 Å². The van der Waals surface area contributed by atoms with Crippen molar-refractivity contribution in [3.8, 4) is 0 Å². The summed E-state index contributed by atoms with van der Waals surface area (Å²) in [5, 5.41) is 8.97. The molecule has 4 rings (SSSR count). The first kappa shape index (κ1) is 25.9. The van der Waals surface area contributed by atoms with Gasteiger partial charge in [-0.3, -0.25) is 4.79 Å². The van der Waals surface area contributed by atoms with Crippen LogP contribution in [0.2, 0.25) is 0 Å². The number of benzene rings is 2. The number of carboxylic acids is 1. The number of aliphatic carboxylic acids is 1. The van der Waals surface area contributed by atoms with Gasteiger partial charge < -0.3 is 10.0 Å². The van der Waals surface area contributed by atoms with Crippen molar-refractivity contribution in [3.05, 3.63) is 82.6 Å². The number of nitrogens with zero attached hydrogens (tertiary/aromatic N) is 2. The van der Waals surface area contributed by atoms with Crippen molar-refractivity contribution in [3.63, 3.8) is 0 Å². The van der Waals surface area contributed by atoms with Crippen LogP contribution in [0.4, 0.5) is 11.4 Å². The summed E-state index contributed by atoms with van der Waals surface area (Å²) >= 11 is 0. The smallest absolute Gasteiger partial charge is 0.303 e. The second-order valence-corrected chi connectivity index (χ2v) is 11.5. The summed E-state index contributed by atoms with van der Waals surface area (Å²) in [6, 6.07) is 13.5. The molecule has 0 amide bonds. The molecule has 0 saturated carbocycles. The molecule has 0 saturated heterocycles. The lowest BCUT2D eigenvalue weighted by Gasteiger charge is -2.27. The number of fused-ring (bicyclic) bond motifs is 2. The highest BCUT2D eigenvalue weighted by molar-refractivity contribution is 6.03. The molecule has 36 heavy (non-hydrogen) atoms. The maximum Gasteiger partial charge on any atom is 0.303 e. The van der Waals surface area contributed by atoms with Crippen molar-refractivity contribution in [2.45, 2.75) is 78.1 Å². The fourth-order valence-electron chi connectivity index (χ4n) is 5.93. The Morgan fingerprint density at radius 2 is 1.61 bits per heavy atom. The Labute approximate surface area is 216 Å². The Balaban J connectivity index is 1.64. The molecule has 2 aromatic rings. The van der Waals surface area contributed by atoms with Crippen LogP contribution in [0.1, 0.15) is 75.6 Å². The van der Waals surface area contributed by atoms with Crippen LogP contribution < -0.4 is 4.90 Å². The average molecular weight is 486 g/mol. The molecule has 0 spiro atoms. The maximum atomic E-state index is 10.9. The number of hydrogen-bond donors (Lipinski definition) is 1. The van der Waals surface area contributed by atoms with E-state index >= 15 is 0 Å². The SMILES string of the molecule is Cc1ccc2c(c1)C(C)(C)C(/C=C/C=C1/N(CCCCCC(=O)O)c3ccc(C)cc3C1(C)C)=[N+]2C. The Hall–Kier alpha value is -3.14. The topological polar surface area (TPSA) is 43.6 Å². The van der Waals surface area contributed by atoms with Gasteiger partial charge in [-0.25, -0.2) is 0 Å². The largest absolute Gasteiger partial charge is 0.481 e. The molecule has 0 atom stereocenters. The third-order valence-corrected chi connectivity index (χ3v) is 8.02. The number of allylic oxidation sites excluding steroid dienone is 4. The van der Waals surface area contributed by atoms with Crippen molar-refractivity contribution in [2.75, 3.05) is 18.5 Å². The molecule has 0 fully saturated rings. The van der Waals surface area contributed by atoms with E-state index in [0.29, 0.717) is 0 Å². The van der Waals surface area contributed by atoms with Crippen LogP contribution in [0.15, 0.2) is 60.3 Å². The summed E-state index contributed by atoms with van der Waals surface area (Å²) in [4.78, 5) is 13.4. The third-order valence-electron chi connectivity index (χ3n) is 8.02. The number of anilines is 1. The zero-order valence-electron chi connectivity index (χ0n) is 23.0. The van der Waals surface area contributed by atoms with Gasteiger partial charge in [0.05, 0.1) is 5.41 Å². The summed E-state index contributed by atoms with van der Waals surface area (Å²) in [6.45, 7) is 14.5. The first-order chi connectivity index (χ1) is 16.9. The van der Waals surface area contributed by atoms with E-state index in [1.54, 1.807) is 0 Å². The summed E-state index contributed by atoms with van der Waals surface area (Å²) < 4.78 is 2.32. The Morgan fingerprint density at radius 3 is 2.31 bits per heavy atom. The minimum atomic E-state index is -0.710. The molecular weight excluding hydrogens is 444 g/mol. The van der Waals surface area contributed by atoms with E-state index in [1.165, 1.54) is 45.0 Å². The lowest BCUT2D eigenvalue weighted by molar-refractivity contribution is -0.401. The average Bonchev–Trinajstić information content (AvgIpc) is 3.12. The van der Waals surface area contributed by atoms with E-state index in [9.17, 15) is 4.79 Å². The molecule has 0 radical (unpaired) electrons. The molecule has 4 nitrogen and oxygen atoms in total. The van der Waals surface area contributed by atoms with E-state index < -0.39 is 5.97 Å². The summed E-state index contributed by atoms with van der Waals surface area (Å²) in [5.74, 6) is -0.710. The van der Waals surface area contributed by atoms with Gasteiger partial charge in [-0.2, -0.15) is 4.58 Å². The monoisotopic (exact) mass is 485 g/mol. The van der Waals surface area contributed by atoms with Crippen molar-refractivity contribution in [1.29, 1.82) is 0 Å². The number of hydrogen-bond acceptors (Lipinski definition) is 2. The molecule has 2 aliphatic rings. The van der Waals surface area contributed by atoms with Gasteiger partial charge in [0.2, 0.25) is 5.69 Å². The van der Waals surface area contributed by atoms with Crippen molar-refractivity contribution < 1.29 is 14.5 Å². The second-order valence-electron chi connectivity index (χ2n) is 11.5. The van der Waals surface area contributed by atoms with E-state index in [2.05, 4.69) is 113 Å². The molecule has 2 heterocycles. The second kappa shape index (κ2) is 9.72. The molecule has 0 bridgehead atoms. The van der Waals surface area contributed by atoms with Gasteiger partial charge >= 0.3 is 5.97 Å². The Morgan fingerprint density at radius 1 is 0.944 bits per heavy atom. The summed E-state index contributed by atoms with van der Waals surface area (Å²) in [7, 11) is 2.16. The van der Waals surface area contributed by atoms with Gasteiger partial charge in [-0.05, 0) is 64.3 Å². The van der Waals surface area contributed by atoms with E-state index in [4.69, 9.17) is 5.11 Å². The lowest BCUT2D eigenvalue weighted by atomic mass is 9.80. The lowest BCUT2D eigenvalue weighted by Crippen LogP contribution is -2.27. The molecule has 4 heteroatoms. The summed E-state index contributed by atoms with van der Waals surface area (Å²) in [6.07, 6.45) is 9.65. The van der Waals surface area contributed by atoms with Crippen molar-refractivity contribution >= 4 is 23.1 Å².